The van der Waals surface area contributed by atoms with Crippen molar-refractivity contribution in [1.82, 2.24) is 10.6 Å². The van der Waals surface area contributed by atoms with Gasteiger partial charge in [0, 0.05) is 25.4 Å². The molecule has 2 fully saturated rings. The average molecular weight is 463 g/mol. The Balaban J connectivity index is 1.09. The van der Waals surface area contributed by atoms with Crippen molar-refractivity contribution in [2.45, 2.75) is 31.6 Å². The quantitative estimate of drug-likeness (QED) is 0.498. The van der Waals surface area contributed by atoms with Gasteiger partial charge in [-0.3, -0.25) is 9.59 Å². The number of amides is 2. The molecular formula is C27H30N2O5. The van der Waals surface area contributed by atoms with E-state index in [0.717, 1.165) is 12.8 Å². The molecule has 0 aromatic heterocycles. The summed E-state index contributed by atoms with van der Waals surface area (Å²) < 4.78 is 5.61. The first-order chi connectivity index (χ1) is 16.5. The van der Waals surface area contributed by atoms with Gasteiger partial charge >= 0.3 is 12.1 Å². The van der Waals surface area contributed by atoms with Gasteiger partial charge in [-0.1, -0.05) is 48.5 Å². The molecule has 3 atom stereocenters. The minimum absolute atomic E-state index is 0.0141. The molecule has 2 aromatic rings. The van der Waals surface area contributed by atoms with E-state index in [-0.39, 0.29) is 36.2 Å². The summed E-state index contributed by atoms with van der Waals surface area (Å²) in [5, 5.41) is 14.7. The molecule has 0 spiro atoms. The molecule has 3 aliphatic rings. The first-order valence-electron chi connectivity index (χ1n) is 12.1. The number of nitrogens with one attached hydrogen (secondary N) is 2. The van der Waals surface area contributed by atoms with Crippen LogP contribution in [0.25, 0.3) is 11.1 Å². The normalized spacial score (nSPS) is 21.2. The number of benzene rings is 2. The van der Waals surface area contributed by atoms with Gasteiger partial charge in [-0.25, -0.2) is 4.79 Å². The van der Waals surface area contributed by atoms with Gasteiger partial charge in [0.05, 0.1) is 5.92 Å². The van der Waals surface area contributed by atoms with Crippen molar-refractivity contribution in [3.8, 4) is 11.1 Å². The summed E-state index contributed by atoms with van der Waals surface area (Å²) in [6.45, 7) is 1.07. The summed E-state index contributed by atoms with van der Waals surface area (Å²) in [5.41, 5.74) is 4.72. The van der Waals surface area contributed by atoms with Crippen molar-refractivity contribution in [2.75, 3.05) is 19.7 Å². The summed E-state index contributed by atoms with van der Waals surface area (Å²) >= 11 is 0. The van der Waals surface area contributed by atoms with Crippen LogP contribution < -0.4 is 10.6 Å². The van der Waals surface area contributed by atoms with Gasteiger partial charge in [0.2, 0.25) is 5.91 Å². The smallest absolute Gasteiger partial charge is 0.407 e. The van der Waals surface area contributed by atoms with Crippen LogP contribution in [0.5, 0.6) is 0 Å². The topological polar surface area (TPSA) is 105 Å². The second kappa shape index (κ2) is 9.49. The standard InChI is InChI=1S/C27H30N2O5/c30-25(28-14-18-11-23(18)26(31)32)12-17(16-9-10-16)13-29-27(33)34-15-24-21-7-3-1-5-19(21)20-6-2-4-8-22(20)24/h1-8,16-18,23-24H,9-15H2,(H,28,30)(H,29,33)(H,31,32)/t17?,18-,23-/m1/s1. The highest BCUT2D eigenvalue weighted by Crippen LogP contribution is 2.44. The first-order valence-corrected chi connectivity index (χ1v) is 12.1. The summed E-state index contributed by atoms with van der Waals surface area (Å²) in [7, 11) is 0. The number of alkyl carbamates (subject to hydrolysis) is 1. The number of carbonyl (C=O) groups is 3. The molecule has 0 bridgehead atoms. The SMILES string of the molecule is O=C(CC(CNC(=O)OCC1c2ccccc2-c2ccccc21)C1CC1)NC[C@H]1C[C@H]1C(=O)O. The zero-order chi connectivity index (χ0) is 23.7. The fourth-order valence-electron chi connectivity index (χ4n) is 5.17. The molecule has 1 unspecified atom stereocenters. The Bertz CT molecular complexity index is 1050. The van der Waals surface area contributed by atoms with E-state index in [1.54, 1.807) is 0 Å². The van der Waals surface area contributed by atoms with E-state index in [1.807, 2.05) is 24.3 Å². The summed E-state index contributed by atoms with van der Waals surface area (Å²) in [6, 6.07) is 16.4. The lowest BCUT2D eigenvalue weighted by Gasteiger charge is -2.18. The maximum absolute atomic E-state index is 12.5. The third kappa shape index (κ3) is 4.93. The lowest BCUT2D eigenvalue weighted by molar-refractivity contribution is -0.139. The minimum Gasteiger partial charge on any atom is -0.481 e. The summed E-state index contributed by atoms with van der Waals surface area (Å²) in [4.78, 5) is 35.8. The Morgan fingerprint density at radius 3 is 2.21 bits per heavy atom. The van der Waals surface area contributed by atoms with E-state index in [4.69, 9.17) is 9.84 Å². The monoisotopic (exact) mass is 462 g/mol. The number of fused-ring (bicyclic) bond motifs is 3. The molecule has 2 amide bonds. The fourth-order valence-corrected chi connectivity index (χ4v) is 5.17. The first kappa shape index (κ1) is 22.4. The molecule has 0 saturated heterocycles. The predicted octanol–water partition coefficient (Wildman–Crippen LogP) is 3.78. The molecule has 3 N–H and O–H groups in total. The van der Waals surface area contributed by atoms with E-state index < -0.39 is 12.1 Å². The van der Waals surface area contributed by atoms with Gasteiger partial charge in [0.15, 0.2) is 0 Å². The van der Waals surface area contributed by atoms with Crippen LogP contribution in [-0.4, -0.2) is 42.8 Å². The molecule has 3 aliphatic carbocycles. The van der Waals surface area contributed by atoms with E-state index >= 15 is 0 Å². The molecule has 178 valence electrons. The van der Waals surface area contributed by atoms with E-state index in [1.165, 1.54) is 22.3 Å². The van der Waals surface area contributed by atoms with Crippen molar-refractivity contribution in [1.29, 1.82) is 0 Å². The van der Waals surface area contributed by atoms with Gasteiger partial charge in [0.1, 0.15) is 6.61 Å². The highest BCUT2D eigenvalue weighted by molar-refractivity contribution is 5.79. The molecule has 0 heterocycles. The number of aliphatic carboxylic acids is 1. The van der Waals surface area contributed by atoms with Crippen LogP contribution in [0.2, 0.25) is 0 Å². The van der Waals surface area contributed by atoms with E-state index in [2.05, 4.69) is 34.9 Å². The second-order valence-electron chi connectivity index (χ2n) is 9.75. The van der Waals surface area contributed by atoms with Gasteiger partial charge in [-0.2, -0.15) is 0 Å². The van der Waals surface area contributed by atoms with Crippen LogP contribution in [0.15, 0.2) is 48.5 Å². The Kier molecular flexibility index (Phi) is 6.26. The Labute approximate surface area is 198 Å². The van der Waals surface area contributed by atoms with Crippen LogP contribution >= 0.6 is 0 Å². The second-order valence-corrected chi connectivity index (χ2v) is 9.75. The Morgan fingerprint density at radius 1 is 0.971 bits per heavy atom. The van der Waals surface area contributed by atoms with Crippen LogP contribution in [0.3, 0.4) is 0 Å². The van der Waals surface area contributed by atoms with Crippen LogP contribution in [0, 0.1) is 23.7 Å². The predicted molar refractivity (Wildman–Crippen MR) is 126 cm³/mol. The lowest BCUT2D eigenvalue weighted by atomic mass is 9.98. The number of carboxylic acid groups (broad SMARTS) is 1. The molecule has 2 aromatic carbocycles. The van der Waals surface area contributed by atoms with Crippen molar-refractivity contribution < 1.29 is 24.2 Å². The van der Waals surface area contributed by atoms with E-state index in [0.29, 0.717) is 31.8 Å². The number of carboxylic acids is 1. The lowest BCUT2D eigenvalue weighted by Crippen LogP contribution is -2.35. The van der Waals surface area contributed by atoms with Gasteiger partial charge in [0.25, 0.3) is 0 Å². The highest BCUT2D eigenvalue weighted by atomic mass is 16.5. The summed E-state index contributed by atoms with van der Waals surface area (Å²) in [6.07, 6.45) is 2.63. The number of hydrogen-bond donors (Lipinski definition) is 3. The third-order valence-electron chi connectivity index (χ3n) is 7.39. The molecule has 0 aliphatic heterocycles. The Hall–Kier alpha value is -3.35. The molecule has 5 rings (SSSR count). The minimum atomic E-state index is -0.789. The van der Waals surface area contributed by atoms with Crippen molar-refractivity contribution in [2.24, 2.45) is 23.7 Å². The average Bonchev–Trinajstić information content (AvgIpc) is 3.76. The van der Waals surface area contributed by atoms with Gasteiger partial charge < -0.3 is 20.5 Å². The third-order valence-corrected chi connectivity index (χ3v) is 7.39. The molecule has 7 nitrogen and oxygen atoms in total. The zero-order valence-electron chi connectivity index (χ0n) is 19.0. The highest BCUT2D eigenvalue weighted by Gasteiger charge is 2.43. The molecule has 34 heavy (non-hydrogen) atoms. The Morgan fingerprint density at radius 2 is 1.62 bits per heavy atom. The van der Waals surface area contributed by atoms with Gasteiger partial charge in [-0.05, 0) is 59.3 Å². The number of rotatable bonds is 10. The van der Waals surface area contributed by atoms with Gasteiger partial charge in [-0.15, -0.1) is 0 Å². The van der Waals surface area contributed by atoms with Crippen molar-refractivity contribution in [3.63, 3.8) is 0 Å². The van der Waals surface area contributed by atoms with Crippen LogP contribution in [0.4, 0.5) is 4.79 Å². The zero-order valence-corrected chi connectivity index (χ0v) is 19.0. The molecule has 0 radical (unpaired) electrons. The maximum atomic E-state index is 12.5. The number of hydrogen-bond acceptors (Lipinski definition) is 4. The van der Waals surface area contributed by atoms with Crippen LogP contribution in [-0.2, 0) is 14.3 Å². The summed E-state index contributed by atoms with van der Waals surface area (Å²) in [5.74, 6) is -0.637. The number of ether oxygens (including phenoxy) is 1. The van der Waals surface area contributed by atoms with E-state index in [9.17, 15) is 14.4 Å². The fraction of sp³-hybridized carbons (Fsp3) is 0.444. The molecular weight excluding hydrogens is 432 g/mol. The molecule has 7 heteroatoms. The van der Waals surface area contributed by atoms with Crippen molar-refractivity contribution >= 4 is 18.0 Å². The largest absolute Gasteiger partial charge is 0.481 e. The maximum Gasteiger partial charge on any atom is 0.407 e. The molecule has 2 saturated carbocycles. The number of carbonyl (C=O) groups excluding carboxylic acids is 2. The van der Waals surface area contributed by atoms with Crippen molar-refractivity contribution in [3.05, 3.63) is 59.7 Å². The van der Waals surface area contributed by atoms with Crippen LogP contribution in [0.1, 0.15) is 42.7 Å².